The molecule has 0 saturated carbocycles. The summed E-state index contributed by atoms with van der Waals surface area (Å²) >= 11 is 0. The van der Waals surface area contributed by atoms with Crippen molar-refractivity contribution in [2.75, 3.05) is 0 Å². The molecule has 0 aromatic carbocycles. The molecule has 0 aliphatic rings. The zero-order valence-corrected chi connectivity index (χ0v) is 10.2. The second-order valence-electron chi connectivity index (χ2n) is 4.04. The van der Waals surface area contributed by atoms with E-state index in [2.05, 4.69) is 6.92 Å². The topological polar surface area (TPSA) is 43.1 Å². The molecule has 0 aromatic heterocycles. The maximum atomic E-state index is 11.3. The smallest absolute Gasteiger partial charge is 0.178 e. The van der Waals surface area contributed by atoms with Crippen molar-refractivity contribution in [3.05, 3.63) is 11.8 Å². The quantitative estimate of drug-likeness (QED) is 0.468. The van der Waals surface area contributed by atoms with E-state index in [9.17, 15) is 4.79 Å². The number of allylic oxidation sites excluding steroid dienone is 2. The Labute approximate surface area is 93.9 Å². The van der Waals surface area contributed by atoms with Gasteiger partial charge in [-0.3, -0.25) is 4.79 Å². The van der Waals surface area contributed by atoms with Crippen LogP contribution < -0.4 is 5.73 Å². The molecule has 88 valence electrons. The molecular weight excluding hydrogens is 186 g/mol. The Morgan fingerprint density at radius 2 is 1.60 bits per heavy atom. The first-order chi connectivity index (χ1) is 7.22. The summed E-state index contributed by atoms with van der Waals surface area (Å²) in [7, 11) is 0. The maximum absolute atomic E-state index is 11.3. The fourth-order valence-corrected chi connectivity index (χ4v) is 1.55. The minimum Gasteiger partial charge on any atom is -0.396 e. The second kappa shape index (κ2) is 9.75. The lowest BCUT2D eigenvalue weighted by molar-refractivity contribution is -0.115. The molecular formula is C13H25NO. The highest BCUT2D eigenvalue weighted by atomic mass is 16.1. The molecule has 0 atom stereocenters. The molecule has 0 fully saturated rings. The Morgan fingerprint density at radius 1 is 1.07 bits per heavy atom. The van der Waals surface area contributed by atoms with E-state index in [-0.39, 0.29) is 5.78 Å². The van der Waals surface area contributed by atoms with E-state index in [0.29, 0.717) is 12.1 Å². The molecule has 0 amide bonds. The van der Waals surface area contributed by atoms with Crippen LogP contribution in [0.2, 0.25) is 0 Å². The largest absolute Gasteiger partial charge is 0.396 e. The van der Waals surface area contributed by atoms with Crippen LogP contribution in [0.3, 0.4) is 0 Å². The standard InChI is InChI=1S/C13H25NO/c1-3-5-6-7-8-9-10-11-13(15)12(14)4-2/h4H,3,5-11,14H2,1-2H3/b12-4+. The summed E-state index contributed by atoms with van der Waals surface area (Å²) < 4.78 is 0. The Morgan fingerprint density at radius 3 is 2.13 bits per heavy atom. The third kappa shape index (κ3) is 8.22. The van der Waals surface area contributed by atoms with Gasteiger partial charge >= 0.3 is 0 Å². The van der Waals surface area contributed by atoms with Crippen LogP contribution in [0, 0.1) is 0 Å². The molecule has 2 N–H and O–H groups in total. The van der Waals surface area contributed by atoms with Crippen LogP contribution in [-0.4, -0.2) is 5.78 Å². The number of unbranched alkanes of at least 4 members (excludes halogenated alkanes) is 6. The predicted octanol–water partition coefficient (Wildman–Crippen LogP) is 3.56. The molecule has 0 spiro atoms. The average molecular weight is 211 g/mol. The van der Waals surface area contributed by atoms with Crippen molar-refractivity contribution >= 4 is 5.78 Å². The lowest BCUT2D eigenvalue weighted by Gasteiger charge is -2.01. The van der Waals surface area contributed by atoms with E-state index in [4.69, 9.17) is 5.73 Å². The number of hydrogen-bond donors (Lipinski definition) is 1. The fraction of sp³-hybridized carbons (Fsp3) is 0.769. The summed E-state index contributed by atoms with van der Waals surface area (Å²) in [5.74, 6) is 0.103. The highest BCUT2D eigenvalue weighted by molar-refractivity contribution is 5.94. The zero-order valence-electron chi connectivity index (χ0n) is 10.2. The molecule has 0 heterocycles. The Bertz CT molecular complexity index is 197. The van der Waals surface area contributed by atoms with Crippen LogP contribution in [0.1, 0.15) is 65.2 Å². The normalized spacial score (nSPS) is 11.7. The van der Waals surface area contributed by atoms with E-state index in [1.54, 1.807) is 13.0 Å². The molecule has 0 radical (unpaired) electrons. The molecule has 0 rings (SSSR count). The molecule has 0 saturated heterocycles. The van der Waals surface area contributed by atoms with Crippen LogP contribution in [0.5, 0.6) is 0 Å². The Kier molecular flexibility index (Phi) is 9.24. The van der Waals surface area contributed by atoms with Gasteiger partial charge in [0, 0.05) is 6.42 Å². The van der Waals surface area contributed by atoms with Gasteiger partial charge in [0.2, 0.25) is 0 Å². The highest BCUT2D eigenvalue weighted by Gasteiger charge is 2.03. The van der Waals surface area contributed by atoms with E-state index in [1.165, 1.54) is 32.1 Å². The van der Waals surface area contributed by atoms with Gasteiger partial charge in [-0.25, -0.2) is 0 Å². The van der Waals surface area contributed by atoms with Crippen molar-refractivity contribution in [2.45, 2.75) is 65.2 Å². The molecule has 0 aliphatic heterocycles. The monoisotopic (exact) mass is 211 g/mol. The summed E-state index contributed by atoms with van der Waals surface area (Å²) in [5, 5.41) is 0. The summed E-state index contributed by atoms with van der Waals surface area (Å²) in [6.07, 6.45) is 11.0. The van der Waals surface area contributed by atoms with Gasteiger partial charge < -0.3 is 5.73 Å². The first-order valence-electron chi connectivity index (χ1n) is 6.17. The van der Waals surface area contributed by atoms with Gasteiger partial charge in [0.25, 0.3) is 0 Å². The summed E-state index contributed by atoms with van der Waals surface area (Å²) in [6.45, 7) is 4.02. The summed E-state index contributed by atoms with van der Waals surface area (Å²) in [4.78, 5) is 11.3. The summed E-state index contributed by atoms with van der Waals surface area (Å²) in [5.41, 5.74) is 5.93. The first-order valence-corrected chi connectivity index (χ1v) is 6.17. The SMILES string of the molecule is C/C=C(/N)C(=O)CCCCCCCCC. The average Bonchev–Trinajstić information content (AvgIpc) is 2.26. The molecule has 2 heteroatoms. The first kappa shape index (κ1) is 14.2. The number of carbonyl (C=O) groups is 1. The van der Waals surface area contributed by atoms with Crippen molar-refractivity contribution < 1.29 is 4.79 Å². The molecule has 0 aromatic rings. The maximum Gasteiger partial charge on any atom is 0.178 e. The molecule has 0 bridgehead atoms. The molecule has 0 aliphatic carbocycles. The van der Waals surface area contributed by atoms with Crippen LogP contribution in [0.15, 0.2) is 11.8 Å². The number of Topliss-reactive ketones (excluding diaryl/α,β-unsaturated/α-hetero) is 1. The van der Waals surface area contributed by atoms with Crippen molar-refractivity contribution in [3.63, 3.8) is 0 Å². The van der Waals surface area contributed by atoms with Crippen molar-refractivity contribution in [2.24, 2.45) is 5.73 Å². The van der Waals surface area contributed by atoms with Crippen LogP contribution in [0.4, 0.5) is 0 Å². The van der Waals surface area contributed by atoms with Crippen LogP contribution in [-0.2, 0) is 4.79 Å². The summed E-state index contributed by atoms with van der Waals surface area (Å²) in [6, 6.07) is 0. The Hall–Kier alpha value is -0.790. The predicted molar refractivity (Wildman–Crippen MR) is 65.6 cm³/mol. The number of carbonyl (C=O) groups excluding carboxylic acids is 1. The van der Waals surface area contributed by atoms with E-state index in [1.807, 2.05) is 0 Å². The van der Waals surface area contributed by atoms with E-state index < -0.39 is 0 Å². The molecule has 15 heavy (non-hydrogen) atoms. The van der Waals surface area contributed by atoms with Crippen molar-refractivity contribution in [3.8, 4) is 0 Å². The number of nitrogens with two attached hydrogens (primary N) is 1. The van der Waals surface area contributed by atoms with Gasteiger partial charge in [0.05, 0.1) is 5.70 Å². The van der Waals surface area contributed by atoms with Crippen LogP contribution >= 0.6 is 0 Å². The number of ketones is 1. The number of hydrogen-bond acceptors (Lipinski definition) is 2. The van der Waals surface area contributed by atoms with Gasteiger partial charge in [0.15, 0.2) is 5.78 Å². The van der Waals surface area contributed by atoms with Crippen LogP contribution in [0.25, 0.3) is 0 Å². The lowest BCUT2D eigenvalue weighted by atomic mass is 10.1. The van der Waals surface area contributed by atoms with E-state index in [0.717, 1.165) is 12.8 Å². The third-order valence-corrected chi connectivity index (χ3v) is 2.64. The zero-order chi connectivity index (χ0) is 11.5. The Balaban J connectivity index is 3.28. The van der Waals surface area contributed by atoms with Crippen molar-refractivity contribution in [1.82, 2.24) is 0 Å². The minimum absolute atomic E-state index is 0.103. The lowest BCUT2D eigenvalue weighted by Crippen LogP contribution is -2.10. The van der Waals surface area contributed by atoms with Gasteiger partial charge in [-0.1, -0.05) is 51.5 Å². The van der Waals surface area contributed by atoms with Gasteiger partial charge in [-0.2, -0.15) is 0 Å². The van der Waals surface area contributed by atoms with Gasteiger partial charge in [0.1, 0.15) is 0 Å². The third-order valence-electron chi connectivity index (χ3n) is 2.64. The highest BCUT2D eigenvalue weighted by Crippen LogP contribution is 2.09. The van der Waals surface area contributed by atoms with E-state index >= 15 is 0 Å². The molecule has 2 nitrogen and oxygen atoms in total. The molecule has 0 unspecified atom stereocenters. The fourth-order valence-electron chi connectivity index (χ4n) is 1.55. The van der Waals surface area contributed by atoms with Crippen molar-refractivity contribution in [1.29, 1.82) is 0 Å². The number of rotatable bonds is 9. The second-order valence-corrected chi connectivity index (χ2v) is 4.04. The van der Waals surface area contributed by atoms with Gasteiger partial charge in [-0.15, -0.1) is 0 Å². The minimum atomic E-state index is 0.103. The van der Waals surface area contributed by atoms with Gasteiger partial charge in [-0.05, 0) is 13.3 Å².